The van der Waals surface area contributed by atoms with Crippen molar-refractivity contribution in [2.24, 2.45) is 52.3 Å². The molecule has 2 N–H and O–H groups in total. The van der Waals surface area contributed by atoms with Crippen LogP contribution in [-0.2, 0) is 4.79 Å². The molecule has 4 fully saturated rings. The molecule has 0 aliphatic heterocycles. The molecular formula is C27H46O3. The van der Waals surface area contributed by atoms with E-state index in [1.54, 1.807) is 0 Å². The van der Waals surface area contributed by atoms with Gasteiger partial charge in [-0.2, -0.15) is 0 Å². The first-order valence-electron chi connectivity index (χ1n) is 13.0. The van der Waals surface area contributed by atoms with Gasteiger partial charge in [-0.05, 0) is 84.9 Å². The van der Waals surface area contributed by atoms with E-state index >= 15 is 0 Å². The van der Waals surface area contributed by atoms with Gasteiger partial charge in [-0.25, -0.2) is 0 Å². The Labute approximate surface area is 184 Å². The maximum atomic E-state index is 13.5. The number of rotatable bonds is 5. The van der Waals surface area contributed by atoms with Crippen molar-refractivity contribution in [2.45, 2.75) is 111 Å². The van der Waals surface area contributed by atoms with Crippen molar-refractivity contribution < 1.29 is 15.0 Å². The minimum atomic E-state index is -0.649. The quantitative estimate of drug-likeness (QED) is 0.609. The van der Waals surface area contributed by atoms with Gasteiger partial charge in [0.25, 0.3) is 0 Å². The average Bonchev–Trinajstić information content (AvgIpc) is 3.01. The lowest BCUT2D eigenvalue weighted by atomic mass is 9.44. The number of carbonyl (C=O) groups is 1. The van der Waals surface area contributed by atoms with Gasteiger partial charge in [-0.1, -0.05) is 53.9 Å². The van der Waals surface area contributed by atoms with E-state index < -0.39 is 12.2 Å². The molecule has 3 nitrogen and oxygen atoms in total. The predicted octanol–water partition coefficient (Wildman–Crippen LogP) is 5.62. The lowest BCUT2D eigenvalue weighted by Gasteiger charge is -2.60. The van der Waals surface area contributed by atoms with E-state index in [1.165, 1.54) is 38.5 Å². The van der Waals surface area contributed by atoms with Crippen molar-refractivity contribution in [1.82, 2.24) is 0 Å². The molecule has 0 aromatic heterocycles. The van der Waals surface area contributed by atoms with Gasteiger partial charge in [0.1, 0.15) is 5.78 Å². The molecule has 172 valence electrons. The number of hydrogen-bond donors (Lipinski definition) is 2. The van der Waals surface area contributed by atoms with Crippen molar-refractivity contribution in [3.05, 3.63) is 0 Å². The Bertz CT molecular complexity index is 644. The predicted molar refractivity (Wildman–Crippen MR) is 121 cm³/mol. The third-order valence-electron chi connectivity index (χ3n) is 10.7. The maximum absolute atomic E-state index is 13.5. The molecule has 0 aromatic carbocycles. The lowest BCUT2D eigenvalue weighted by Crippen LogP contribution is -2.59. The molecule has 4 aliphatic rings. The summed E-state index contributed by atoms with van der Waals surface area (Å²) in [6, 6.07) is 0. The summed E-state index contributed by atoms with van der Waals surface area (Å²) < 4.78 is 0. The van der Waals surface area contributed by atoms with Gasteiger partial charge in [0.05, 0.1) is 12.2 Å². The van der Waals surface area contributed by atoms with Gasteiger partial charge < -0.3 is 10.2 Å². The molecule has 4 saturated carbocycles. The fourth-order valence-electron chi connectivity index (χ4n) is 8.97. The molecule has 0 unspecified atom stereocenters. The maximum Gasteiger partial charge on any atom is 0.136 e. The SMILES string of the molecule is CC(C)CCC[C@@H](C)[C@H]1CC[C@H]2[C@@H]3C(=O)C[C@H]4C[C@H](O)[C@H](O)C[C@]4(C)[C@H]3CC[C@]12C. The van der Waals surface area contributed by atoms with Crippen molar-refractivity contribution >= 4 is 5.78 Å². The Kier molecular flexibility index (Phi) is 6.21. The second-order valence-corrected chi connectivity index (χ2v) is 12.7. The van der Waals surface area contributed by atoms with Crippen LogP contribution in [0, 0.1) is 52.3 Å². The summed E-state index contributed by atoms with van der Waals surface area (Å²) in [6.45, 7) is 12.0. The first-order valence-corrected chi connectivity index (χ1v) is 13.0. The summed E-state index contributed by atoms with van der Waals surface area (Å²) in [6.07, 6.45) is 9.51. The lowest BCUT2D eigenvalue weighted by molar-refractivity contribution is -0.173. The Morgan fingerprint density at radius 3 is 2.37 bits per heavy atom. The molecule has 3 heteroatoms. The number of fused-ring (bicyclic) bond motifs is 5. The van der Waals surface area contributed by atoms with E-state index in [0.717, 1.165) is 24.2 Å². The molecule has 0 spiro atoms. The molecule has 0 saturated heterocycles. The van der Waals surface area contributed by atoms with Gasteiger partial charge in [0.15, 0.2) is 0 Å². The molecule has 0 amide bonds. The average molecular weight is 419 g/mol. The number of hydrogen-bond acceptors (Lipinski definition) is 3. The standard InChI is InChI=1S/C27H46O3/c1-16(2)7-6-8-17(3)19-9-10-20-25-21(11-12-26(19,20)4)27(5)15-24(30)22(28)13-18(27)14-23(25)29/h16-22,24-25,28,30H,6-15H2,1-5H3/t17-,18-,19-,20+,21+,22+,24-,25+,26-,27+/m1/s1. The Balaban J connectivity index is 1.53. The highest BCUT2D eigenvalue weighted by atomic mass is 16.3. The van der Waals surface area contributed by atoms with Crippen LogP contribution in [0.2, 0.25) is 0 Å². The monoisotopic (exact) mass is 418 g/mol. The topological polar surface area (TPSA) is 57.5 Å². The highest BCUT2D eigenvalue weighted by Gasteiger charge is 2.63. The number of carbonyl (C=O) groups excluding carboxylic acids is 1. The normalized spacial score (nSPS) is 49.5. The third-order valence-corrected chi connectivity index (χ3v) is 10.7. The van der Waals surface area contributed by atoms with Crippen molar-refractivity contribution in [3.63, 3.8) is 0 Å². The first kappa shape index (κ1) is 22.8. The van der Waals surface area contributed by atoms with Gasteiger partial charge in [-0.15, -0.1) is 0 Å². The van der Waals surface area contributed by atoms with Crippen LogP contribution >= 0.6 is 0 Å². The van der Waals surface area contributed by atoms with Crippen LogP contribution < -0.4 is 0 Å². The summed E-state index contributed by atoms with van der Waals surface area (Å²) >= 11 is 0. The van der Waals surface area contributed by atoms with Crippen LogP contribution in [0.25, 0.3) is 0 Å². The van der Waals surface area contributed by atoms with E-state index in [4.69, 9.17) is 0 Å². The van der Waals surface area contributed by atoms with Crippen LogP contribution in [0.5, 0.6) is 0 Å². The number of Topliss-reactive ketones (excluding diaryl/α,β-unsaturated/α-hetero) is 1. The molecule has 0 aromatic rings. The number of aliphatic hydroxyl groups is 2. The minimum Gasteiger partial charge on any atom is -0.390 e. The molecule has 4 rings (SSSR count). The number of aliphatic hydroxyl groups excluding tert-OH is 2. The summed E-state index contributed by atoms with van der Waals surface area (Å²) in [4.78, 5) is 13.5. The van der Waals surface area contributed by atoms with Crippen LogP contribution in [0.15, 0.2) is 0 Å². The van der Waals surface area contributed by atoms with Gasteiger partial charge in [0.2, 0.25) is 0 Å². The van der Waals surface area contributed by atoms with Gasteiger partial charge in [-0.3, -0.25) is 4.79 Å². The molecule has 0 heterocycles. The van der Waals surface area contributed by atoms with Crippen molar-refractivity contribution in [3.8, 4) is 0 Å². The van der Waals surface area contributed by atoms with Gasteiger partial charge >= 0.3 is 0 Å². The van der Waals surface area contributed by atoms with Crippen LogP contribution in [0.4, 0.5) is 0 Å². The Morgan fingerprint density at radius 2 is 1.67 bits per heavy atom. The minimum absolute atomic E-state index is 0.0134. The smallest absolute Gasteiger partial charge is 0.136 e. The summed E-state index contributed by atoms with van der Waals surface area (Å²) in [7, 11) is 0. The molecule has 30 heavy (non-hydrogen) atoms. The number of ketones is 1. The van der Waals surface area contributed by atoms with Gasteiger partial charge in [0, 0.05) is 12.3 Å². The fraction of sp³-hybridized carbons (Fsp3) is 0.963. The zero-order valence-corrected chi connectivity index (χ0v) is 20.1. The summed E-state index contributed by atoms with van der Waals surface area (Å²) in [5.74, 6) is 4.16. The summed E-state index contributed by atoms with van der Waals surface area (Å²) in [5.41, 5.74) is 0.323. The highest BCUT2D eigenvalue weighted by Crippen LogP contribution is 2.67. The molecule has 10 atom stereocenters. The largest absolute Gasteiger partial charge is 0.390 e. The van der Waals surface area contributed by atoms with E-state index in [1.807, 2.05) is 0 Å². The van der Waals surface area contributed by atoms with E-state index in [-0.39, 0.29) is 17.3 Å². The van der Waals surface area contributed by atoms with Crippen molar-refractivity contribution in [1.29, 1.82) is 0 Å². The molecule has 0 radical (unpaired) electrons. The molecule has 4 aliphatic carbocycles. The van der Waals surface area contributed by atoms with Crippen LogP contribution in [0.3, 0.4) is 0 Å². The first-order chi connectivity index (χ1) is 14.1. The second-order valence-electron chi connectivity index (χ2n) is 12.7. The van der Waals surface area contributed by atoms with Crippen molar-refractivity contribution in [2.75, 3.05) is 0 Å². The summed E-state index contributed by atoms with van der Waals surface area (Å²) in [5, 5.41) is 20.7. The van der Waals surface area contributed by atoms with Crippen LogP contribution in [-0.4, -0.2) is 28.2 Å². The zero-order chi connectivity index (χ0) is 21.8. The molecule has 0 bridgehead atoms. The second kappa shape index (κ2) is 8.18. The van der Waals surface area contributed by atoms with E-state index in [9.17, 15) is 15.0 Å². The molecular weight excluding hydrogens is 372 g/mol. The zero-order valence-electron chi connectivity index (χ0n) is 20.1. The highest BCUT2D eigenvalue weighted by molar-refractivity contribution is 5.83. The fourth-order valence-corrected chi connectivity index (χ4v) is 8.97. The van der Waals surface area contributed by atoms with E-state index in [2.05, 4.69) is 34.6 Å². The Morgan fingerprint density at radius 1 is 0.967 bits per heavy atom. The Hall–Kier alpha value is -0.410. The van der Waals surface area contributed by atoms with Crippen LogP contribution in [0.1, 0.15) is 98.8 Å². The van der Waals surface area contributed by atoms with E-state index in [0.29, 0.717) is 42.3 Å². The third kappa shape index (κ3) is 3.60.